The zero-order valence-corrected chi connectivity index (χ0v) is 11.2. The van der Waals surface area contributed by atoms with Crippen molar-refractivity contribution in [3.63, 3.8) is 0 Å². The smallest absolute Gasteiger partial charge is 0.246 e. The van der Waals surface area contributed by atoms with Gasteiger partial charge in [0.1, 0.15) is 5.82 Å². The maximum atomic E-state index is 12.7. The molecule has 102 valence electrons. The van der Waals surface area contributed by atoms with E-state index in [4.69, 9.17) is 0 Å². The molecule has 1 aliphatic rings. The van der Waals surface area contributed by atoms with Crippen molar-refractivity contribution >= 4 is 12.0 Å². The largest absolute Gasteiger partial charge is 0.337 e. The standard InChI is InChI=1S/C15H19FN2O/c1-2-17-9-11-18(12-10-17)15(19)8-5-13-3-6-14(16)7-4-13/h3-8H,2,9-12H2,1H3. The zero-order valence-electron chi connectivity index (χ0n) is 11.2. The minimum atomic E-state index is -0.265. The van der Waals surface area contributed by atoms with Crippen molar-refractivity contribution in [2.45, 2.75) is 6.92 Å². The highest BCUT2D eigenvalue weighted by molar-refractivity contribution is 5.91. The SMILES string of the molecule is CCN1CCN(C(=O)C=Cc2ccc(F)cc2)CC1. The number of likely N-dealkylation sites (N-methyl/N-ethyl adjacent to an activating group) is 1. The van der Waals surface area contributed by atoms with Gasteiger partial charge in [-0.15, -0.1) is 0 Å². The van der Waals surface area contributed by atoms with Gasteiger partial charge >= 0.3 is 0 Å². The predicted octanol–water partition coefficient (Wildman–Crippen LogP) is 2.00. The maximum absolute atomic E-state index is 12.7. The van der Waals surface area contributed by atoms with E-state index in [1.807, 2.05) is 4.90 Å². The average molecular weight is 262 g/mol. The van der Waals surface area contributed by atoms with Gasteiger partial charge in [0.2, 0.25) is 5.91 Å². The molecule has 1 amide bonds. The molecule has 0 saturated carbocycles. The normalized spacial score (nSPS) is 17.1. The molecular weight excluding hydrogens is 243 g/mol. The molecule has 0 bridgehead atoms. The minimum Gasteiger partial charge on any atom is -0.337 e. The van der Waals surface area contributed by atoms with Gasteiger partial charge in [0.15, 0.2) is 0 Å². The lowest BCUT2D eigenvalue weighted by atomic mass is 10.2. The average Bonchev–Trinajstić information content (AvgIpc) is 2.46. The quantitative estimate of drug-likeness (QED) is 0.778. The van der Waals surface area contributed by atoms with Gasteiger partial charge < -0.3 is 9.80 Å². The second-order valence-corrected chi connectivity index (χ2v) is 4.64. The van der Waals surface area contributed by atoms with Crippen LogP contribution in [0.1, 0.15) is 12.5 Å². The second-order valence-electron chi connectivity index (χ2n) is 4.64. The van der Waals surface area contributed by atoms with Gasteiger partial charge in [-0.2, -0.15) is 0 Å². The van der Waals surface area contributed by atoms with E-state index >= 15 is 0 Å². The van der Waals surface area contributed by atoms with E-state index in [0.29, 0.717) is 0 Å². The van der Waals surface area contributed by atoms with E-state index in [2.05, 4.69) is 11.8 Å². The molecule has 0 atom stereocenters. The van der Waals surface area contributed by atoms with Crippen molar-refractivity contribution in [3.8, 4) is 0 Å². The molecule has 19 heavy (non-hydrogen) atoms. The van der Waals surface area contributed by atoms with E-state index < -0.39 is 0 Å². The molecule has 0 N–H and O–H groups in total. The highest BCUT2D eigenvalue weighted by Gasteiger charge is 2.17. The summed E-state index contributed by atoms with van der Waals surface area (Å²) in [5.74, 6) is -0.237. The van der Waals surface area contributed by atoms with E-state index in [0.717, 1.165) is 38.3 Å². The Labute approximate surface area is 113 Å². The fourth-order valence-corrected chi connectivity index (χ4v) is 2.13. The highest BCUT2D eigenvalue weighted by atomic mass is 19.1. The molecule has 1 fully saturated rings. The third-order valence-corrected chi connectivity index (χ3v) is 3.42. The first kappa shape index (κ1) is 13.7. The molecule has 0 aliphatic carbocycles. The van der Waals surface area contributed by atoms with Crippen molar-refractivity contribution in [1.29, 1.82) is 0 Å². The van der Waals surface area contributed by atoms with Crippen LogP contribution in [0.3, 0.4) is 0 Å². The number of halogens is 1. The molecule has 0 unspecified atom stereocenters. The summed E-state index contributed by atoms with van der Waals surface area (Å²) in [6.07, 6.45) is 3.29. The molecular formula is C15H19FN2O. The maximum Gasteiger partial charge on any atom is 0.246 e. The molecule has 1 heterocycles. The number of hydrogen-bond acceptors (Lipinski definition) is 2. The summed E-state index contributed by atoms with van der Waals surface area (Å²) in [5.41, 5.74) is 0.835. The predicted molar refractivity (Wildman–Crippen MR) is 74.1 cm³/mol. The van der Waals surface area contributed by atoms with E-state index in [1.165, 1.54) is 12.1 Å². The lowest BCUT2D eigenvalue weighted by Gasteiger charge is -2.33. The molecule has 1 aromatic rings. The summed E-state index contributed by atoms with van der Waals surface area (Å²) in [6.45, 7) is 6.60. The topological polar surface area (TPSA) is 23.6 Å². The van der Waals surface area contributed by atoms with Crippen molar-refractivity contribution in [3.05, 3.63) is 41.7 Å². The number of carbonyl (C=O) groups excluding carboxylic acids is 1. The van der Waals surface area contributed by atoms with Gasteiger partial charge in [0.25, 0.3) is 0 Å². The lowest BCUT2D eigenvalue weighted by molar-refractivity contribution is -0.127. The molecule has 2 rings (SSSR count). The van der Waals surface area contributed by atoms with Crippen LogP contribution < -0.4 is 0 Å². The van der Waals surface area contributed by atoms with E-state index in [1.54, 1.807) is 24.3 Å². The summed E-state index contributed by atoms with van der Waals surface area (Å²) in [7, 11) is 0. The number of nitrogens with zero attached hydrogens (tertiary/aromatic N) is 2. The highest BCUT2D eigenvalue weighted by Crippen LogP contribution is 2.07. The summed E-state index contributed by atoms with van der Waals surface area (Å²) < 4.78 is 12.7. The zero-order chi connectivity index (χ0) is 13.7. The summed E-state index contributed by atoms with van der Waals surface area (Å²) in [6, 6.07) is 6.11. The van der Waals surface area contributed by atoms with Crippen LogP contribution >= 0.6 is 0 Å². The summed E-state index contributed by atoms with van der Waals surface area (Å²) >= 11 is 0. The second kappa shape index (κ2) is 6.48. The fourth-order valence-electron chi connectivity index (χ4n) is 2.13. The molecule has 1 aromatic carbocycles. The number of carbonyl (C=O) groups is 1. The summed E-state index contributed by atoms with van der Waals surface area (Å²) in [5, 5.41) is 0. The molecule has 0 radical (unpaired) electrons. The van der Waals surface area contributed by atoms with Gasteiger partial charge in [-0.25, -0.2) is 4.39 Å². The first-order valence-electron chi connectivity index (χ1n) is 6.64. The van der Waals surface area contributed by atoms with Crippen LogP contribution in [0.5, 0.6) is 0 Å². The lowest BCUT2D eigenvalue weighted by Crippen LogP contribution is -2.48. The Balaban J connectivity index is 1.89. The number of piperazine rings is 1. The Morgan fingerprint density at radius 2 is 1.84 bits per heavy atom. The van der Waals surface area contributed by atoms with Crippen LogP contribution in [0, 0.1) is 5.82 Å². The first-order valence-corrected chi connectivity index (χ1v) is 6.64. The van der Waals surface area contributed by atoms with Gasteiger partial charge in [-0.3, -0.25) is 4.79 Å². The van der Waals surface area contributed by atoms with Gasteiger partial charge in [0, 0.05) is 32.3 Å². The van der Waals surface area contributed by atoms with Crippen LogP contribution in [0.25, 0.3) is 6.08 Å². The van der Waals surface area contributed by atoms with Crippen molar-refractivity contribution in [2.75, 3.05) is 32.7 Å². The van der Waals surface area contributed by atoms with Crippen LogP contribution in [0.2, 0.25) is 0 Å². The van der Waals surface area contributed by atoms with Gasteiger partial charge in [-0.1, -0.05) is 19.1 Å². The molecule has 0 spiro atoms. The third-order valence-electron chi connectivity index (χ3n) is 3.42. The van der Waals surface area contributed by atoms with Crippen LogP contribution in [0.15, 0.2) is 30.3 Å². The van der Waals surface area contributed by atoms with Crippen LogP contribution in [-0.2, 0) is 4.79 Å². The Morgan fingerprint density at radius 1 is 1.21 bits per heavy atom. The van der Waals surface area contributed by atoms with Gasteiger partial charge in [0.05, 0.1) is 0 Å². The molecule has 0 aromatic heterocycles. The Kier molecular flexibility index (Phi) is 4.68. The van der Waals surface area contributed by atoms with Crippen molar-refractivity contribution in [1.82, 2.24) is 9.80 Å². The summed E-state index contributed by atoms with van der Waals surface area (Å²) in [4.78, 5) is 16.2. The van der Waals surface area contributed by atoms with E-state index in [-0.39, 0.29) is 11.7 Å². The van der Waals surface area contributed by atoms with E-state index in [9.17, 15) is 9.18 Å². The Morgan fingerprint density at radius 3 is 2.42 bits per heavy atom. The molecule has 4 heteroatoms. The van der Waals surface area contributed by atoms with Crippen molar-refractivity contribution < 1.29 is 9.18 Å². The van der Waals surface area contributed by atoms with Crippen molar-refractivity contribution in [2.24, 2.45) is 0 Å². The minimum absolute atomic E-state index is 0.0279. The molecule has 1 saturated heterocycles. The molecule has 3 nitrogen and oxygen atoms in total. The first-order chi connectivity index (χ1) is 9.19. The van der Waals surface area contributed by atoms with Crippen LogP contribution in [0.4, 0.5) is 4.39 Å². The molecule has 1 aliphatic heterocycles. The van der Waals surface area contributed by atoms with Crippen LogP contribution in [-0.4, -0.2) is 48.4 Å². The number of benzene rings is 1. The number of amides is 1. The monoisotopic (exact) mass is 262 g/mol. The Bertz CT molecular complexity index is 448. The number of rotatable bonds is 3. The third kappa shape index (κ3) is 3.89. The Hall–Kier alpha value is -1.68. The van der Waals surface area contributed by atoms with Gasteiger partial charge in [-0.05, 0) is 30.3 Å². The number of hydrogen-bond donors (Lipinski definition) is 0. The fraction of sp³-hybridized carbons (Fsp3) is 0.400.